The van der Waals surface area contributed by atoms with E-state index in [2.05, 4.69) is 0 Å². The van der Waals surface area contributed by atoms with Crippen molar-refractivity contribution in [2.24, 2.45) is 4.99 Å². The van der Waals surface area contributed by atoms with Gasteiger partial charge < -0.3 is 0 Å². The molecule has 5 heteroatoms. The molecule has 4 rings (SSSR count). The van der Waals surface area contributed by atoms with Crippen LogP contribution in [0.15, 0.2) is 82.7 Å². The van der Waals surface area contributed by atoms with E-state index in [1.54, 1.807) is 23.1 Å². The first-order valence-electron chi connectivity index (χ1n) is 9.21. The number of amides is 1. The Morgan fingerprint density at radius 1 is 0.862 bits per heavy atom. The van der Waals surface area contributed by atoms with Crippen LogP contribution in [0.4, 0.5) is 15.8 Å². The molecule has 1 heterocycles. The predicted octanol–water partition coefficient (Wildman–Crippen LogP) is 6.25. The molecule has 0 bridgehead atoms. The molecule has 0 N–H and O–H groups in total. The molecule has 0 unspecified atom stereocenters. The van der Waals surface area contributed by atoms with Crippen molar-refractivity contribution in [3.05, 3.63) is 100 Å². The van der Waals surface area contributed by atoms with Gasteiger partial charge in [0.25, 0.3) is 5.91 Å². The van der Waals surface area contributed by atoms with E-state index in [0.29, 0.717) is 10.1 Å². The fourth-order valence-corrected chi connectivity index (χ4v) is 3.91. The second-order valence-electron chi connectivity index (χ2n) is 6.87. The molecule has 1 fully saturated rings. The fourth-order valence-electron chi connectivity index (χ4n) is 2.91. The first-order chi connectivity index (χ1) is 14.0. The van der Waals surface area contributed by atoms with E-state index in [0.717, 1.165) is 28.1 Å². The third-order valence-corrected chi connectivity index (χ3v) is 5.49. The second-order valence-corrected chi connectivity index (χ2v) is 7.88. The molecule has 1 aliphatic heterocycles. The van der Waals surface area contributed by atoms with E-state index in [1.807, 2.05) is 62.4 Å². The number of thioether (sulfide) groups is 1. The molecule has 29 heavy (non-hydrogen) atoms. The zero-order chi connectivity index (χ0) is 20.4. The van der Waals surface area contributed by atoms with E-state index in [4.69, 9.17) is 4.99 Å². The van der Waals surface area contributed by atoms with Gasteiger partial charge in [-0.25, -0.2) is 9.38 Å². The lowest BCUT2D eigenvalue weighted by Crippen LogP contribution is -2.28. The standard InChI is InChI=1S/C24H19FN2OS/c1-16-3-11-20(12-4-16)26-24-27(21-13-5-17(2)6-14-21)23(28)22(29-24)15-18-7-9-19(25)10-8-18/h3-15H,1-2H3/b22-15+,26-24?. The Morgan fingerprint density at radius 2 is 1.45 bits per heavy atom. The number of carbonyl (C=O) groups is 1. The maximum Gasteiger partial charge on any atom is 0.271 e. The molecule has 3 aromatic rings. The van der Waals surface area contributed by atoms with Crippen LogP contribution in [0.5, 0.6) is 0 Å². The number of hydrogen-bond donors (Lipinski definition) is 0. The first-order valence-corrected chi connectivity index (χ1v) is 10.0. The number of halogens is 1. The molecular formula is C24H19FN2OS. The summed E-state index contributed by atoms with van der Waals surface area (Å²) in [5.74, 6) is -0.450. The van der Waals surface area contributed by atoms with Crippen LogP contribution in [-0.2, 0) is 4.79 Å². The van der Waals surface area contributed by atoms with Gasteiger partial charge in [-0.05, 0) is 73.6 Å². The van der Waals surface area contributed by atoms with Crippen molar-refractivity contribution in [1.82, 2.24) is 0 Å². The summed E-state index contributed by atoms with van der Waals surface area (Å²) >= 11 is 1.32. The number of aliphatic imine (C=N–C) groups is 1. The minimum absolute atomic E-state index is 0.144. The summed E-state index contributed by atoms with van der Waals surface area (Å²) in [4.78, 5) is 20.1. The Balaban J connectivity index is 1.76. The highest BCUT2D eigenvalue weighted by atomic mass is 32.2. The summed E-state index contributed by atoms with van der Waals surface area (Å²) in [5.41, 5.74) is 4.58. The average molecular weight is 402 g/mol. The van der Waals surface area contributed by atoms with E-state index in [9.17, 15) is 9.18 Å². The molecule has 0 saturated carbocycles. The van der Waals surface area contributed by atoms with Crippen LogP contribution >= 0.6 is 11.8 Å². The number of amidine groups is 1. The van der Waals surface area contributed by atoms with Crippen LogP contribution in [0.3, 0.4) is 0 Å². The molecule has 1 aliphatic rings. The number of aryl methyl sites for hydroxylation is 2. The van der Waals surface area contributed by atoms with Gasteiger partial charge in [0.05, 0.1) is 16.3 Å². The van der Waals surface area contributed by atoms with Crippen molar-refractivity contribution >= 4 is 40.3 Å². The SMILES string of the molecule is Cc1ccc(N=C2S/C(=C/c3ccc(F)cc3)C(=O)N2c2ccc(C)cc2)cc1. The van der Waals surface area contributed by atoms with Crippen molar-refractivity contribution in [2.75, 3.05) is 4.90 Å². The summed E-state index contributed by atoms with van der Waals surface area (Å²) in [6.07, 6.45) is 1.77. The smallest absolute Gasteiger partial charge is 0.268 e. The number of anilines is 1. The predicted molar refractivity (Wildman–Crippen MR) is 119 cm³/mol. The molecule has 3 aromatic carbocycles. The van der Waals surface area contributed by atoms with E-state index in [1.165, 1.54) is 23.9 Å². The van der Waals surface area contributed by atoms with Crippen LogP contribution in [0.25, 0.3) is 6.08 Å². The van der Waals surface area contributed by atoms with Gasteiger partial charge in [-0.1, -0.05) is 47.5 Å². The van der Waals surface area contributed by atoms with E-state index < -0.39 is 0 Å². The highest BCUT2D eigenvalue weighted by molar-refractivity contribution is 8.19. The Hall–Kier alpha value is -3.18. The maximum absolute atomic E-state index is 13.2. The van der Waals surface area contributed by atoms with Crippen molar-refractivity contribution in [3.8, 4) is 0 Å². The van der Waals surface area contributed by atoms with Crippen molar-refractivity contribution in [2.45, 2.75) is 13.8 Å². The largest absolute Gasteiger partial charge is 0.271 e. The molecule has 0 radical (unpaired) electrons. The van der Waals surface area contributed by atoms with Gasteiger partial charge in [0.2, 0.25) is 0 Å². The lowest BCUT2D eigenvalue weighted by molar-refractivity contribution is -0.113. The van der Waals surface area contributed by atoms with Crippen molar-refractivity contribution in [1.29, 1.82) is 0 Å². The lowest BCUT2D eigenvalue weighted by Gasteiger charge is -2.16. The molecule has 0 aliphatic carbocycles. The van der Waals surface area contributed by atoms with Crippen LogP contribution in [0.2, 0.25) is 0 Å². The molecule has 0 atom stereocenters. The molecule has 1 saturated heterocycles. The number of carbonyl (C=O) groups excluding carboxylic acids is 1. The second kappa shape index (κ2) is 8.05. The minimum atomic E-state index is -0.305. The third kappa shape index (κ3) is 4.30. The van der Waals surface area contributed by atoms with Crippen molar-refractivity contribution in [3.63, 3.8) is 0 Å². The third-order valence-electron chi connectivity index (χ3n) is 4.53. The zero-order valence-corrected chi connectivity index (χ0v) is 16.9. The summed E-state index contributed by atoms with van der Waals surface area (Å²) < 4.78 is 13.2. The number of hydrogen-bond acceptors (Lipinski definition) is 3. The van der Waals surface area contributed by atoms with Gasteiger partial charge in [0.15, 0.2) is 5.17 Å². The lowest BCUT2D eigenvalue weighted by atomic mass is 10.2. The van der Waals surface area contributed by atoms with Crippen molar-refractivity contribution < 1.29 is 9.18 Å². The van der Waals surface area contributed by atoms with Gasteiger partial charge in [-0.3, -0.25) is 9.69 Å². The first kappa shape index (κ1) is 19.2. The Labute approximate surface area is 173 Å². The van der Waals surface area contributed by atoms with Gasteiger partial charge in [-0.2, -0.15) is 0 Å². The average Bonchev–Trinajstić information content (AvgIpc) is 3.01. The van der Waals surface area contributed by atoms with Crippen LogP contribution in [0.1, 0.15) is 16.7 Å². The zero-order valence-electron chi connectivity index (χ0n) is 16.1. The molecule has 3 nitrogen and oxygen atoms in total. The van der Waals surface area contributed by atoms with Crippen LogP contribution < -0.4 is 4.90 Å². The normalized spacial score (nSPS) is 16.8. The Kier molecular flexibility index (Phi) is 5.32. The summed E-state index contributed by atoms with van der Waals surface area (Å²) in [6.45, 7) is 4.03. The number of benzene rings is 3. The Morgan fingerprint density at radius 3 is 2.07 bits per heavy atom. The van der Waals surface area contributed by atoms with Crippen LogP contribution in [-0.4, -0.2) is 11.1 Å². The number of nitrogens with zero attached hydrogens (tertiary/aromatic N) is 2. The minimum Gasteiger partial charge on any atom is -0.268 e. The summed E-state index contributed by atoms with van der Waals surface area (Å²) in [7, 11) is 0. The molecule has 1 amide bonds. The molecule has 0 aromatic heterocycles. The van der Waals surface area contributed by atoms with Gasteiger partial charge in [-0.15, -0.1) is 0 Å². The van der Waals surface area contributed by atoms with Crippen LogP contribution in [0, 0.1) is 19.7 Å². The fraction of sp³-hybridized carbons (Fsp3) is 0.0833. The van der Waals surface area contributed by atoms with E-state index >= 15 is 0 Å². The maximum atomic E-state index is 13.2. The molecule has 144 valence electrons. The van der Waals surface area contributed by atoms with Gasteiger partial charge in [0, 0.05) is 0 Å². The highest BCUT2D eigenvalue weighted by Gasteiger charge is 2.34. The summed E-state index contributed by atoms with van der Waals surface area (Å²) in [6, 6.07) is 21.7. The van der Waals surface area contributed by atoms with Gasteiger partial charge in [0.1, 0.15) is 5.82 Å². The topological polar surface area (TPSA) is 32.7 Å². The number of rotatable bonds is 3. The molecular weight excluding hydrogens is 383 g/mol. The molecule has 0 spiro atoms. The summed E-state index contributed by atoms with van der Waals surface area (Å²) in [5, 5.41) is 0.594. The highest BCUT2D eigenvalue weighted by Crippen LogP contribution is 2.37. The van der Waals surface area contributed by atoms with E-state index in [-0.39, 0.29) is 11.7 Å². The Bertz CT molecular complexity index is 1100. The monoisotopic (exact) mass is 402 g/mol. The van der Waals surface area contributed by atoms with Gasteiger partial charge >= 0.3 is 0 Å². The quantitative estimate of drug-likeness (QED) is 0.485.